The Morgan fingerprint density at radius 1 is 0.969 bits per heavy atom. The van der Waals surface area contributed by atoms with Crippen molar-refractivity contribution >= 4 is 23.0 Å². The van der Waals surface area contributed by atoms with Gasteiger partial charge in [0.2, 0.25) is 11.6 Å². The van der Waals surface area contributed by atoms with Crippen LogP contribution in [0.3, 0.4) is 0 Å². The standard InChI is InChI=1S/C24H28N6O2/c1-18-7-6-10-21(19(18)2)28-13-15-29(16-14-28)24-22(30(31)32)23(26-17-27-24)25-12-11-20-8-4-3-5-9-20/h3-10,17H,11-16H2,1-2H3,(H,25,26,27). The molecule has 8 nitrogen and oxygen atoms in total. The first-order valence-corrected chi connectivity index (χ1v) is 10.9. The number of hydrogen-bond acceptors (Lipinski definition) is 7. The maximum absolute atomic E-state index is 11.9. The van der Waals surface area contributed by atoms with Crippen LogP contribution in [-0.4, -0.2) is 47.6 Å². The molecule has 3 aromatic rings. The summed E-state index contributed by atoms with van der Waals surface area (Å²) in [5.41, 5.74) is 4.88. The number of piperazine rings is 1. The van der Waals surface area contributed by atoms with Crippen molar-refractivity contribution in [2.75, 3.05) is 47.8 Å². The van der Waals surface area contributed by atoms with Crippen molar-refractivity contribution in [3.63, 3.8) is 0 Å². The van der Waals surface area contributed by atoms with E-state index in [1.165, 1.54) is 28.7 Å². The minimum absolute atomic E-state index is 0.0549. The van der Waals surface area contributed by atoms with Crippen LogP contribution in [0.1, 0.15) is 16.7 Å². The first-order chi connectivity index (χ1) is 15.5. The normalized spacial score (nSPS) is 13.8. The predicted octanol–water partition coefficient (Wildman–Crippen LogP) is 3.98. The quantitative estimate of drug-likeness (QED) is 0.446. The fraction of sp³-hybridized carbons (Fsp3) is 0.333. The second-order valence-electron chi connectivity index (χ2n) is 8.01. The van der Waals surface area contributed by atoms with Gasteiger partial charge in [-0.2, -0.15) is 0 Å². The van der Waals surface area contributed by atoms with Crippen molar-refractivity contribution in [3.05, 3.63) is 81.7 Å². The van der Waals surface area contributed by atoms with Gasteiger partial charge < -0.3 is 15.1 Å². The molecule has 0 aliphatic carbocycles. The van der Waals surface area contributed by atoms with Gasteiger partial charge in [0.1, 0.15) is 6.33 Å². The van der Waals surface area contributed by atoms with Gasteiger partial charge in [-0.15, -0.1) is 0 Å². The van der Waals surface area contributed by atoms with Crippen LogP contribution in [0.4, 0.5) is 23.0 Å². The summed E-state index contributed by atoms with van der Waals surface area (Å²) < 4.78 is 0. The number of anilines is 3. The molecule has 166 valence electrons. The number of hydrogen-bond donors (Lipinski definition) is 1. The Balaban J connectivity index is 1.47. The number of aromatic nitrogens is 2. The fourth-order valence-corrected chi connectivity index (χ4v) is 4.11. The number of nitrogens with one attached hydrogen (secondary N) is 1. The van der Waals surface area contributed by atoms with E-state index in [1.54, 1.807) is 0 Å². The summed E-state index contributed by atoms with van der Waals surface area (Å²) in [6.07, 6.45) is 2.16. The van der Waals surface area contributed by atoms with Crippen LogP contribution >= 0.6 is 0 Å². The van der Waals surface area contributed by atoms with Gasteiger partial charge in [-0.1, -0.05) is 42.5 Å². The highest BCUT2D eigenvalue weighted by atomic mass is 16.6. The fourth-order valence-electron chi connectivity index (χ4n) is 4.11. The monoisotopic (exact) mass is 432 g/mol. The predicted molar refractivity (Wildman–Crippen MR) is 128 cm³/mol. The Kier molecular flexibility index (Phi) is 6.49. The first-order valence-electron chi connectivity index (χ1n) is 10.9. The third-order valence-corrected chi connectivity index (χ3v) is 6.03. The van der Waals surface area contributed by atoms with Crippen LogP contribution in [0.2, 0.25) is 0 Å². The van der Waals surface area contributed by atoms with Gasteiger partial charge in [0.05, 0.1) is 4.92 Å². The molecule has 0 spiro atoms. The minimum Gasteiger partial charge on any atom is -0.368 e. The molecule has 1 aromatic heterocycles. The molecule has 1 N–H and O–H groups in total. The SMILES string of the molecule is Cc1cccc(N2CCN(c3ncnc(NCCc4ccccc4)c3[N+](=O)[O-])CC2)c1C. The lowest BCUT2D eigenvalue weighted by atomic mass is 10.1. The molecule has 4 rings (SSSR count). The summed E-state index contributed by atoms with van der Waals surface area (Å²) in [5, 5.41) is 15.1. The summed E-state index contributed by atoms with van der Waals surface area (Å²) in [6, 6.07) is 16.3. The number of benzene rings is 2. The maximum Gasteiger partial charge on any atom is 0.353 e. The molecule has 0 radical (unpaired) electrons. The van der Waals surface area contributed by atoms with Gasteiger partial charge in [0, 0.05) is 38.4 Å². The first kappa shape index (κ1) is 21.5. The van der Waals surface area contributed by atoms with Crippen molar-refractivity contribution in [3.8, 4) is 0 Å². The molecule has 1 saturated heterocycles. The lowest BCUT2D eigenvalue weighted by Crippen LogP contribution is -2.47. The Labute approximate surface area is 188 Å². The molecular weight excluding hydrogens is 404 g/mol. The van der Waals surface area contributed by atoms with Crippen LogP contribution in [0.25, 0.3) is 0 Å². The Hall–Kier alpha value is -3.68. The van der Waals surface area contributed by atoms with E-state index in [0.29, 0.717) is 25.5 Å². The molecule has 1 aliphatic rings. The molecule has 0 unspecified atom stereocenters. The second-order valence-corrected chi connectivity index (χ2v) is 8.01. The van der Waals surface area contributed by atoms with Crippen molar-refractivity contribution in [2.24, 2.45) is 0 Å². The summed E-state index contributed by atoms with van der Waals surface area (Å²) >= 11 is 0. The van der Waals surface area contributed by atoms with Gasteiger partial charge in [-0.05, 0) is 43.0 Å². The van der Waals surface area contributed by atoms with Crippen LogP contribution < -0.4 is 15.1 Å². The van der Waals surface area contributed by atoms with Gasteiger partial charge in [0.25, 0.3) is 0 Å². The topological polar surface area (TPSA) is 87.4 Å². The zero-order valence-corrected chi connectivity index (χ0v) is 18.5. The molecule has 0 saturated carbocycles. The van der Waals surface area contributed by atoms with Gasteiger partial charge in [-0.25, -0.2) is 9.97 Å². The number of rotatable bonds is 7. The largest absolute Gasteiger partial charge is 0.368 e. The highest BCUT2D eigenvalue weighted by Gasteiger charge is 2.29. The van der Waals surface area contributed by atoms with Crippen molar-refractivity contribution in [1.29, 1.82) is 0 Å². The molecule has 0 atom stereocenters. The lowest BCUT2D eigenvalue weighted by molar-refractivity contribution is -0.383. The highest BCUT2D eigenvalue weighted by Crippen LogP contribution is 2.33. The van der Waals surface area contributed by atoms with Crippen LogP contribution in [0.15, 0.2) is 54.9 Å². The molecule has 2 aromatic carbocycles. The lowest BCUT2D eigenvalue weighted by Gasteiger charge is -2.37. The van der Waals surface area contributed by atoms with Crippen LogP contribution in [-0.2, 0) is 6.42 Å². The summed E-state index contributed by atoms with van der Waals surface area (Å²) in [4.78, 5) is 24.3. The van der Waals surface area contributed by atoms with E-state index < -0.39 is 0 Å². The molecular formula is C24H28N6O2. The molecule has 8 heteroatoms. The highest BCUT2D eigenvalue weighted by molar-refractivity contribution is 5.71. The Morgan fingerprint density at radius 3 is 2.41 bits per heavy atom. The summed E-state index contributed by atoms with van der Waals surface area (Å²) in [7, 11) is 0. The molecule has 0 bridgehead atoms. The maximum atomic E-state index is 11.9. The van der Waals surface area contributed by atoms with E-state index in [4.69, 9.17) is 0 Å². The van der Waals surface area contributed by atoms with Gasteiger partial charge in [0.15, 0.2) is 0 Å². The molecule has 1 fully saturated rings. The average Bonchev–Trinajstić information content (AvgIpc) is 2.81. The van der Waals surface area contributed by atoms with Crippen LogP contribution in [0.5, 0.6) is 0 Å². The van der Waals surface area contributed by atoms with E-state index in [-0.39, 0.29) is 16.4 Å². The number of nitrogens with zero attached hydrogens (tertiary/aromatic N) is 5. The Morgan fingerprint density at radius 2 is 1.69 bits per heavy atom. The summed E-state index contributed by atoms with van der Waals surface area (Å²) in [6.45, 7) is 7.70. The van der Waals surface area contributed by atoms with E-state index in [0.717, 1.165) is 19.5 Å². The van der Waals surface area contributed by atoms with Gasteiger partial charge >= 0.3 is 5.69 Å². The van der Waals surface area contributed by atoms with E-state index in [1.807, 2.05) is 35.2 Å². The minimum atomic E-state index is -0.378. The molecule has 2 heterocycles. The van der Waals surface area contributed by atoms with Crippen molar-refractivity contribution < 1.29 is 4.92 Å². The van der Waals surface area contributed by atoms with Gasteiger partial charge in [-0.3, -0.25) is 10.1 Å². The summed E-state index contributed by atoms with van der Waals surface area (Å²) in [5.74, 6) is 0.653. The zero-order chi connectivity index (χ0) is 22.5. The third-order valence-electron chi connectivity index (χ3n) is 6.03. The zero-order valence-electron chi connectivity index (χ0n) is 18.5. The van der Waals surface area contributed by atoms with Crippen LogP contribution in [0, 0.1) is 24.0 Å². The molecule has 0 amide bonds. The van der Waals surface area contributed by atoms with Crippen molar-refractivity contribution in [1.82, 2.24) is 9.97 Å². The third kappa shape index (κ3) is 4.64. The number of aryl methyl sites for hydroxylation is 1. The average molecular weight is 433 g/mol. The van der Waals surface area contributed by atoms with Crippen molar-refractivity contribution in [2.45, 2.75) is 20.3 Å². The smallest absolute Gasteiger partial charge is 0.353 e. The second kappa shape index (κ2) is 9.64. The Bertz CT molecular complexity index is 1080. The molecule has 1 aliphatic heterocycles. The molecule has 32 heavy (non-hydrogen) atoms. The number of nitro groups is 1. The van der Waals surface area contributed by atoms with E-state index >= 15 is 0 Å². The van der Waals surface area contributed by atoms with E-state index in [9.17, 15) is 10.1 Å². The van der Waals surface area contributed by atoms with E-state index in [2.05, 4.69) is 52.2 Å².